The van der Waals surface area contributed by atoms with Gasteiger partial charge in [-0.05, 0) is 30.9 Å². The van der Waals surface area contributed by atoms with E-state index >= 15 is 0 Å². The molecule has 0 unspecified atom stereocenters. The van der Waals surface area contributed by atoms with Crippen molar-refractivity contribution in [2.75, 3.05) is 6.54 Å². The second-order valence-electron chi connectivity index (χ2n) is 5.55. The predicted octanol–water partition coefficient (Wildman–Crippen LogP) is 3.12. The molecule has 1 heterocycles. The molecule has 1 aliphatic rings. The molecule has 1 saturated carbocycles. The molecule has 1 amide bonds. The standard InChI is InChI=1S/C16H20N2O/c1-2-5-15(19)18-11-16(8-9-16)13-10-17-14-7-4-3-6-12(13)14/h3-4,6-7,10,17H,2,5,8-9,11H2,1H3,(H,18,19). The summed E-state index contributed by atoms with van der Waals surface area (Å²) in [5, 5.41) is 4.38. The lowest BCUT2D eigenvalue weighted by molar-refractivity contribution is -0.121. The zero-order valence-corrected chi connectivity index (χ0v) is 11.3. The first-order valence-corrected chi connectivity index (χ1v) is 7.08. The SMILES string of the molecule is CCCC(=O)NCC1(c2c[nH]c3ccccc23)CC1. The first-order chi connectivity index (χ1) is 9.25. The van der Waals surface area contributed by atoms with Crippen LogP contribution in [0, 0.1) is 0 Å². The highest BCUT2D eigenvalue weighted by Crippen LogP contribution is 2.49. The van der Waals surface area contributed by atoms with Gasteiger partial charge < -0.3 is 10.3 Å². The number of rotatable bonds is 5. The van der Waals surface area contributed by atoms with Crippen molar-refractivity contribution < 1.29 is 4.79 Å². The van der Waals surface area contributed by atoms with E-state index in [1.54, 1.807) is 0 Å². The maximum Gasteiger partial charge on any atom is 0.220 e. The highest BCUT2D eigenvalue weighted by atomic mass is 16.1. The Morgan fingerprint density at radius 3 is 2.89 bits per heavy atom. The quantitative estimate of drug-likeness (QED) is 0.848. The van der Waals surface area contributed by atoms with Gasteiger partial charge in [-0.25, -0.2) is 0 Å². The summed E-state index contributed by atoms with van der Waals surface area (Å²) < 4.78 is 0. The predicted molar refractivity (Wildman–Crippen MR) is 77.1 cm³/mol. The normalized spacial score (nSPS) is 16.5. The molecule has 0 radical (unpaired) electrons. The van der Waals surface area contributed by atoms with Gasteiger partial charge in [-0.3, -0.25) is 4.79 Å². The highest BCUT2D eigenvalue weighted by Gasteiger charge is 2.45. The molecule has 0 bridgehead atoms. The van der Waals surface area contributed by atoms with Gasteiger partial charge in [0.2, 0.25) is 5.91 Å². The number of nitrogens with one attached hydrogen (secondary N) is 2. The third-order valence-corrected chi connectivity index (χ3v) is 4.12. The van der Waals surface area contributed by atoms with Crippen molar-refractivity contribution in [1.29, 1.82) is 0 Å². The summed E-state index contributed by atoms with van der Waals surface area (Å²) in [4.78, 5) is 15.0. The summed E-state index contributed by atoms with van der Waals surface area (Å²) in [6, 6.07) is 8.39. The van der Waals surface area contributed by atoms with Crippen molar-refractivity contribution >= 4 is 16.8 Å². The Morgan fingerprint density at radius 1 is 1.37 bits per heavy atom. The Balaban J connectivity index is 1.79. The molecule has 19 heavy (non-hydrogen) atoms. The number of amides is 1. The van der Waals surface area contributed by atoms with Gasteiger partial charge in [0.15, 0.2) is 0 Å². The van der Waals surface area contributed by atoms with Crippen molar-refractivity contribution in [1.82, 2.24) is 10.3 Å². The smallest absolute Gasteiger partial charge is 0.220 e. The van der Waals surface area contributed by atoms with Gasteiger partial charge in [0.1, 0.15) is 0 Å². The molecule has 0 spiro atoms. The molecule has 0 saturated heterocycles. The molecular weight excluding hydrogens is 236 g/mol. The minimum absolute atomic E-state index is 0.170. The summed E-state index contributed by atoms with van der Waals surface area (Å²) in [6.07, 6.45) is 5.99. The molecule has 1 aliphatic carbocycles. The van der Waals surface area contributed by atoms with Crippen molar-refractivity contribution in [3.8, 4) is 0 Å². The van der Waals surface area contributed by atoms with Crippen LogP contribution in [0.5, 0.6) is 0 Å². The number of hydrogen-bond donors (Lipinski definition) is 2. The summed E-state index contributed by atoms with van der Waals surface area (Å²) in [5.74, 6) is 0.175. The fourth-order valence-electron chi connectivity index (χ4n) is 2.79. The van der Waals surface area contributed by atoms with Crippen molar-refractivity contribution in [3.63, 3.8) is 0 Å². The van der Waals surface area contributed by atoms with Crippen LogP contribution >= 0.6 is 0 Å². The van der Waals surface area contributed by atoms with Crippen molar-refractivity contribution in [2.45, 2.75) is 38.0 Å². The van der Waals surface area contributed by atoms with Crippen LogP contribution < -0.4 is 5.32 Å². The fraction of sp³-hybridized carbons (Fsp3) is 0.438. The molecule has 1 aromatic heterocycles. The third kappa shape index (κ3) is 2.25. The number of para-hydroxylation sites is 1. The number of hydrogen-bond acceptors (Lipinski definition) is 1. The molecule has 0 aliphatic heterocycles. The van der Waals surface area contributed by atoms with Crippen LogP contribution in [0.25, 0.3) is 10.9 Å². The van der Waals surface area contributed by atoms with Gasteiger partial charge in [0, 0.05) is 35.5 Å². The maximum absolute atomic E-state index is 11.6. The van der Waals surface area contributed by atoms with Crippen LogP contribution in [0.1, 0.15) is 38.2 Å². The average molecular weight is 256 g/mol. The Bertz CT molecular complexity index is 596. The molecule has 0 atom stereocenters. The summed E-state index contributed by atoms with van der Waals surface area (Å²) >= 11 is 0. The molecule has 3 rings (SSSR count). The summed E-state index contributed by atoms with van der Waals surface area (Å²) in [6.45, 7) is 2.81. The maximum atomic E-state index is 11.6. The van der Waals surface area contributed by atoms with Gasteiger partial charge in [-0.1, -0.05) is 25.1 Å². The van der Waals surface area contributed by atoms with E-state index in [1.165, 1.54) is 29.3 Å². The molecule has 3 heteroatoms. The van der Waals surface area contributed by atoms with E-state index in [1.807, 2.05) is 13.0 Å². The lowest BCUT2D eigenvalue weighted by Crippen LogP contribution is -2.31. The lowest BCUT2D eigenvalue weighted by atomic mass is 9.95. The van der Waals surface area contributed by atoms with E-state index in [0.29, 0.717) is 6.42 Å². The highest BCUT2D eigenvalue weighted by molar-refractivity contribution is 5.85. The largest absolute Gasteiger partial charge is 0.361 e. The van der Waals surface area contributed by atoms with Gasteiger partial charge in [-0.15, -0.1) is 0 Å². The van der Waals surface area contributed by atoms with Crippen molar-refractivity contribution in [2.24, 2.45) is 0 Å². The Hall–Kier alpha value is -1.77. The van der Waals surface area contributed by atoms with E-state index in [9.17, 15) is 4.79 Å². The second-order valence-corrected chi connectivity index (χ2v) is 5.55. The minimum atomic E-state index is 0.170. The average Bonchev–Trinajstić information content (AvgIpc) is 3.08. The Labute approximate surface area is 113 Å². The zero-order chi connectivity index (χ0) is 13.3. The van der Waals surface area contributed by atoms with E-state index in [2.05, 4.69) is 34.7 Å². The van der Waals surface area contributed by atoms with Crippen LogP contribution in [-0.4, -0.2) is 17.4 Å². The molecule has 2 aromatic rings. The van der Waals surface area contributed by atoms with Crippen LogP contribution in [-0.2, 0) is 10.2 Å². The number of carbonyl (C=O) groups is 1. The Kier molecular flexibility index (Phi) is 3.05. The van der Waals surface area contributed by atoms with E-state index in [-0.39, 0.29) is 11.3 Å². The zero-order valence-electron chi connectivity index (χ0n) is 11.3. The fourth-order valence-corrected chi connectivity index (χ4v) is 2.79. The number of aromatic amines is 1. The van der Waals surface area contributed by atoms with Gasteiger partial charge >= 0.3 is 0 Å². The summed E-state index contributed by atoms with van der Waals surface area (Å²) in [5.41, 5.74) is 2.71. The number of carbonyl (C=O) groups excluding carboxylic acids is 1. The van der Waals surface area contributed by atoms with Gasteiger partial charge in [0.25, 0.3) is 0 Å². The van der Waals surface area contributed by atoms with Crippen molar-refractivity contribution in [3.05, 3.63) is 36.0 Å². The molecule has 1 fully saturated rings. The van der Waals surface area contributed by atoms with E-state index in [4.69, 9.17) is 0 Å². The first kappa shape index (κ1) is 12.3. The van der Waals surface area contributed by atoms with Crippen LogP contribution in [0.3, 0.4) is 0 Å². The second kappa shape index (κ2) is 4.72. The molecule has 3 nitrogen and oxygen atoms in total. The number of fused-ring (bicyclic) bond motifs is 1. The van der Waals surface area contributed by atoms with Crippen LogP contribution in [0.2, 0.25) is 0 Å². The molecule has 1 aromatic carbocycles. The topological polar surface area (TPSA) is 44.9 Å². The lowest BCUT2D eigenvalue weighted by Gasteiger charge is -2.15. The molecular formula is C16H20N2O. The monoisotopic (exact) mass is 256 g/mol. The first-order valence-electron chi connectivity index (χ1n) is 7.08. The van der Waals surface area contributed by atoms with Crippen LogP contribution in [0.4, 0.5) is 0 Å². The Morgan fingerprint density at radius 2 is 2.16 bits per heavy atom. The summed E-state index contributed by atoms with van der Waals surface area (Å²) in [7, 11) is 0. The number of H-pyrrole nitrogens is 1. The third-order valence-electron chi connectivity index (χ3n) is 4.12. The minimum Gasteiger partial charge on any atom is -0.361 e. The number of aromatic nitrogens is 1. The molecule has 2 N–H and O–H groups in total. The van der Waals surface area contributed by atoms with Crippen LogP contribution in [0.15, 0.2) is 30.5 Å². The van der Waals surface area contributed by atoms with Gasteiger partial charge in [0.05, 0.1) is 0 Å². The molecule has 100 valence electrons. The number of benzene rings is 1. The van der Waals surface area contributed by atoms with E-state index in [0.717, 1.165) is 13.0 Å². The van der Waals surface area contributed by atoms with E-state index < -0.39 is 0 Å². The van der Waals surface area contributed by atoms with Gasteiger partial charge in [-0.2, -0.15) is 0 Å².